The molecule has 1 spiro atoms. The summed E-state index contributed by atoms with van der Waals surface area (Å²) in [4.78, 5) is 27.6. The highest BCUT2D eigenvalue weighted by atomic mass is 16.4. The van der Waals surface area contributed by atoms with E-state index in [9.17, 15) is 14.7 Å². The summed E-state index contributed by atoms with van der Waals surface area (Å²) in [6.07, 6.45) is 4.52. The predicted octanol–water partition coefficient (Wildman–Crippen LogP) is 4.21. The molecule has 1 fully saturated rings. The van der Waals surface area contributed by atoms with Crippen LogP contribution >= 0.6 is 0 Å². The number of hydrogen-bond acceptors (Lipinski definition) is 2. The first-order valence-corrected chi connectivity index (χ1v) is 9.31. The normalized spacial score (nSPS) is 21.5. The Morgan fingerprint density at radius 3 is 2.35 bits per heavy atom. The molecular formula is C22H23NO3. The molecule has 1 N–H and O–H groups in total. The Balaban J connectivity index is 1.87. The lowest BCUT2D eigenvalue weighted by Gasteiger charge is -2.53. The number of carboxylic acid groups (broad SMARTS) is 1. The fourth-order valence-electron chi connectivity index (χ4n) is 4.82. The van der Waals surface area contributed by atoms with Gasteiger partial charge in [0.05, 0.1) is 5.54 Å². The van der Waals surface area contributed by atoms with Crippen molar-refractivity contribution in [3.8, 4) is 0 Å². The molecular weight excluding hydrogens is 326 g/mol. The third kappa shape index (κ3) is 2.61. The zero-order valence-corrected chi connectivity index (χ0v) is 14.7. The van der Waals surface area contributed by atoms with Crippen molar-refractivity contribution < 1.29 is 14.7 Å². The number of nitrogens with zero attached hydrogens (tertiary/aromatic N) is 1. The van der Waals surface area contributed by atoms with Crippen molar-refractivity contribution in [2.75, 3.05) is 0 Å². The zero-order chi connectivity index (χ0) is 18.1. The Hall–Kier alpha value is -2.62. The van der Waals surface area contributed by atoms with E-state index in [0.717, 1.165) is 37.7 Å². The monoisotopic (exact) mass is 349 g/mol. The summed E-state index contributed by atoms with van der Waals surface area (Å²) >= 11 is 0. The number of fused-ring (bicyclic) bond motifs is 1. The lowest BCUT2D eigenvalue weighted by atomic mass is 9.65. The molecule has 1 atom stereocenters. The number of carbonyl (C=O) groups is 2. The molecule has 26 heavy (non-hydrogen) atoms. The number of benzene rings is 2. The second-order valence-corrected chi connectivity index (χ2v) is 7.40. The Kier molecular flexibility index (Phi) is 4.27. The average Bonchev–Trinajstić information content (AvgIpc) is 2.67. The second kappa shape index (κ2) is 6.60. The molecule has 1 heterocycles. The van der Waals surface area contributed by atoms with Crippen LogP contribution in [0.2, 0.25) is 0 Å². The summed E-state index contributed by atoms with van der Waals surface area (Å²) in [5, 5.41) is 10.1. The van der Waals surface area contributed by atoms with Crippen LogP contribution in [0.4, 0.5) is 0 Å². The summed E-state index contributed by atoms with van der Waals surface area (Å²) in [6.45, 7) is 0.456. The Bertz CT molecular complexity index is 824. The molecule has 0 radical (unpaired) electrons. The largest absolute Gasteiger partial charge is 0.481 e. The quantitative estimate of drug-likeness (QED) is 0.903. The molecule has 1 amide bonds. The molecule has 0 bridgehead atoms. The van der Waals surface area contributed by atoms with Gasteiger partial charge in [-0.25, -0.2) is 0 Å². The van der Waals surface area contributed by atoms with E-state index in [4.69, 9.17) is 0 Å². The molecule has 2 aromatic carbocycles. The predicted molar refractivity (Wildman–Crippen MR) is 99.0 cm³/mol. The van der Waals surface area contributed by atoms with Crippen LogP contribution in [0.3, 0.4) is 0 Å². The van der Waals surface area contributed by atoms with Gasteiger partial charge in [-0.2, -0.15) is 0 Å². The lowest BCUT2D eigenvalue weighted by molar-refractivity contribution is -0.144. The van der Waals surface area contributed by atoms with Crippen LogP contribution in [-0.2, 0) is 11.3 Å². The summed E-state index contributed by atoms with van der Waals surface area (Å²) in [5.74, 6) is -1.53. The maximum atomic E-state index is 13.4. The SMILES string of the molecule is O=C(O)C1c2ccccc2C(=O)N(Cc2ccccc2)C12CCCCC2. The van der Waals surface area contributed by atoms with Crippen molar-refractivity contribution in [1.82, 2.24) is 4.90 Å². The van der Waals surface area contributed by atoms with Crippen LogP contribution < -0.4 is 0 Å². The maximum Gasteiger partial charge on any atom is 0.313 e. The minimum atomic E-state index is -0.829. The summed E-state index contributed by atoms with van der Waals surface area (Å²) < 4.78 is 0. The fraction of sp³-hybridized carbons (Fsp3) is 0.364. The van der Waals surface area contributed by atoms with E-state index in [-0.39, 0.29) is 5.91 Å². The Morgan fingerprint density at radius 2 is 1.65 bits per heavy atom. The van der Waals surface area contributed by atoms with E-state index >= 15 is 0 Å². The second-order valence-electron chi connectivity index (χ2n) is 7.40. The van der Waals surface area contributed by atoms with Crippen LogP contribution in [0.5, 0.6) is 0 Å². The smallest absolute Gasteiger partial charge is 0.313 e. The molecule has 1 aliphatic heterocycles. The van der Waals surface area contributed by atoms with Crippen molar-refractivity contribution in [3.05, 3.63) is 71.3 Å². The van der Waals surface area contributed by atoms with Crippen molar-refractivity contribution in [3.63, 3.8) is 0 Å². The van der Waals surface area contributed by atoms with Gasteiger partial charge in [0.1, 0.15) is 5.92 Å². The summed E-state index contributed by atoms with van der Waals surface area (Å²) in [6, 6.07) is 17.1. The molecule has 4 rings (SSSR count). The van der Waals surface area contributed by atoms with Gasteiger partial charge in [-0.3, -0.25) is 9.59 Å². The third-order valence-corrected chi connectivity index (χ3v) is 5.97. The summed E-state index contributed by atoms with van der Waals surface area (Å²) in [5.41, 5.74) is 1.61. The van der Waals surface area contributed by atoms with Crippen LogP contribution in [-0.4, -0.2) is 27.4 Å². The first kappa shape index (κ1) is 16.8. The first-order valence-electron chi connectivity index (χ1n) is 9.31. The van der Waals surface area contributed by atoms with Crippen molar-refractivity contribution >= 4 is 11.9 Å². The Morgan fingerprint density at radius 1 is 1.00 bits per heavy atom. The van der Waals surface area contributed by atoms with E-state index in [1.807, 2.05) is 53.4 Å². The topological polar surface area (TPSA) is 57.6 Å². The number of rotatable bonds is 3. The summed E-state index contributed by atoms with van der Waals surface area (Å²) in [7, 11) is 0. The van der Waals surface area contributed by atoms with E-state index in [1.165, 1.54) is 0 Å². The zero-order valence-electron chi connectivity index (χ0n) is 14.7. The number of aliphatic carboxylic acids is 1. The van der Waals surface area contributed by atoms with Crippen LogP contribution in [0, 0.1) is 0 Å². The van der Waals surface area contributed by atoms with E-state index in [1.54, 1.807) is 6.07 Å². The lowest BCUT2D eigenvalue weighted by Crippen LogP contribution is -2.60. The van der Waals surface area contributed by atoms with Gasteiger partial charge in [0.2, 0.25) is 0 Å². The van der Waals surface area contributed by atoms with Crippen molar-refractivity contribution in [2.24, 2.45) is 0 Å². The van der Waals surface area contributed by atoms with E-state index in [2.05, 4.69) is 0 Å². The molecule has 134 valence electrons. The highest BCUT2D eigenvalue weighted by molar-refractivity contribution is 6.01. The number of amides is 1. The van der Waals surface area contributed by atoms with Gasteiger partial charge < -0.3 is 10.0 Å². The van der Waals surface area contributed by atoms with Gasteiger partial charge in [-0.1, -0.05) is 67.8 Å². The first-order chi connectivity index (χ1) is 12.6. The van der Waals surface area contributed by atoms with Crippen LogP contribution in [0.25, 0.3) is 0 Å². The third-order valence-electron chi connectivity index (χ3n) is 5.97. The minimum absolute atomic E-state index is 0.0381. The molecule has 0 saturated heterocycles. The maximum absolute atomic E-state index is 13.4. The van der Waals surface area contributed by atoms with Gasteiger partial charge in [0.25, 0.3) is 5.91 Å². The highest BCUT2D eigenvalue weighted by Gasteiger charge is 2.54. The average molecular weight is 349 g/mol. The van der Waals surface area contributed by atoms with Crippen molar-refractivity contribution in [2.45, 2.75) is 50.1 Å². The molecule has 2 aromatic rings. The van der Waals surface area contributed by atoms with Gasteiger partial charge in [0, 0.05) is 12.1 Å². The fourth-order valence-corrected chi connectivity index (χ4v) is 4.82. The van der Waals surface area contributed by atoms with Gasteiger partial charge >= 0.3 is 5.97 Å². The van der Waals surface area contributed by atoms with Gasteiger partial charge in [-0.05, 0) is 30.0 Å². The number of carboxylic acids is 1. The molecule has 1 saturated carbocycles. The van der Waals surface area contributed by atoms with E-state index < -0.39 is 17.4 Å². The molecule has 0 aromatic heterocycles. The van der Waals surface area contributed by atoms with Crippen molar-refractivity contribution in [1.29, 1.82) is 0 Å². The molecule has 4 nitrogen and oxygen atoms in total. The van der Waals surface area contributed by atoms with Gasteiger partial charge in [0.15, 0.2) is 0 Å². The van der Waals surface area contributed by atoms with Crippen LogP contribution in [0.15, 0.2) is 54.6 Å². The Labute approximate surface area is 153 Å². The number of carbonyl (C=O) groups excluding carboxylic acids is 1. The van der Waals surface area contributed by atoms with E-state index in [0.29, 0.717) is 17.7 Å². The molecule has 4 heteroatoms. The van der Waals surface area contributed by atoms with Gasteiger partial charge in [-0.15, -0.1) is 0 Å². The molecule has 1 aliphatic carbocycles. The minimum Gasteiger partial charge on any atom is -0.481 e. The molecule has 2 aliphatic rings. The highest BCUT2D eigenvalue weighted by Crippen LogP contribution is 2.49. The number of hydrogen-bond donors (Lipinski definition) is 1. The van der Waals surface area contributed by atoms with Crippen LogP contribution in [0.1, 0.15) is 59.5 Å². The standard InChI is InChI=1S/C22H23NO3/c24-20-18-12-6-5-11-17(18)19(21(25)26)22(13-7-2-8-14-22)23(20)15-16-9-3-1-4-10-16/h1,3-6,9-12,19H,2,7-8,13-15H2,(H,25,26). The molecule has 1 unspecified atom stereocenters.